The Balaban J connectivity index is 2.43. The van der Waals surface area contributed by atoms with Crippen LogP contribution in [0.15, 0.2) is 12.3 Å². The van der Waals surface area contributed by atoms with E-state index in [1.165, 1.54) is 0 Å². The van der Waals surface area contributed by atoms with Crippen molar-refractivity contribution in [3.05, 3.63) is 23.5 Å². The summed E-state index contributed by atoms with van der Waals surface area (Å²) in [5.41, 5.74) is 1.10. The van der Waals surface area contributed by atoms with Gasteiger partial charge in [0.1, 0.15) is 0 Å². The third-order valence-electron chi connectivity index (χ3n) is 3.73. The molecule has 0 atom stereocenters. The number of pyridine rings is 1. The normalized spacial score (nSPS) is 12.2. The van der Waals surface area contributed by atoms with Crippen molar-refractivity contribution in [2.45, 2.75) is 53.2 Å². The van der Waals surface area contributed by atoms with Crippen LogP contribution in [0.2, 0.25) is 0 Å². The molecule has 0 bridgehead atoms. The zero-order chi connectivity index (χ0) is 17.4. The molecule has 1 N–H and O–H groups in total. The molecule has 2 aromatic rings. The Kier molecular flexibility index (Phi) is 4.75. The lowest BCUT2D eigenvalue weighted by Crippen LogP contribution is -2.42. The van der Waals surface area contributed by atoms with E-state index < -0.39 is 5.60 Å². The van der Waals surface area contributed by atoms with Crippen molar-refractivity contribution in [1.29, 1.82) is 0 Å². The predicted octanol–water partition coefficient (Wildman–Crippen LogP) is 2.55. The summed E-state index contributed by atoms with van der Waals surface area (Å²) in [5.74, 6) is -0.112. The van der Waals surface area contributed by atoms with Gasteiger partial charge in [0.05, 0.1) is 23.1 Å². The van der Waals surface area contributed by atoms with Crippen molar-refractivity contribution in [2.75, 3.05) is 13.1 Å². The molecule has 6 nitrogen and oxygen atoms in total. The molecule has 0 saturated heterocycles. The SMILES string of the molecule is CCN(CC(C)(C)O)C(=O)c1cc2cnn(C(C)C)c2nc1C. The number of hydrogen-bond donors (Lipinski definition) is 1. The lowest BCUT2D eigenvalue weighted by molar-refractivity contribution is 0.0314. The van der Waals surface area contributed by atoms with E-state index in [0.717, 1.165) is 11.0 Å². The maximum Gasteiger partial charge on any atom is 0.255 e. The summed E-state index contributed by atoms with van der Waals surface area (Å²) in [6, 6.07) is 2.06. The lowest BCUT2D eigenvalue weighted by Gasteiger charge is -2.28. The molecule has 0 aliphatic carbocycles. The summed E-state index contributed by atoms with van der Waals surface area (Å²) in [6.45, 7) is 12.0. The molecule has 0 aromatic carbocycles. The number of amides is 1. The van der Waals surface area contributed by atoms with Gasteiger partial charge >= 0.3 is 0 Å². The third-order valence-corrected chi connectivity index (χ3v) is 3.73. The fourth-order valence-electron chi connectivity index (χ4n) is 2.62. The van der Waals surface area contributed by atoms with Crippen LogP contribution in [-0.4, -0.2) is 49.4 Å². The fourth-order valence-corrected chi connectivity index (χ4v) is 2.62. The summed E-state index contributed by atoms with van der Waals surface area (Å²) in [4.78, 5) is 19.0. The van der Waals surface area contributed by atoms with Gasteiger partial charge in [-0.15, -0.1) is 0 Å². The highest BCUT2D eigenvalue weighted by atomic mass is 16.3. The highest BCUT2D eigenvalue weighted by Crippen LogP contribution is 2.21. The highest BCUT2D eigenvalue weighted by Gasteiger charge is 2.24. The molecule has 23 heavy (non-hydrogen) atoms. The van der Waals surface area contributed by atoms with Gasteiger partial charge < -0.3 is 10.0 Å². The first kappa shape index (κ1) is 17.4. The maximum absolute atomic E-state index is 12.8. The van der Waals surface area contributed by atoms with Crippen LogP contribution < -0.4 is 0 Å². The molecule has 0 saturated carbocycles. The largest absolute Gasteiger partial charge is 0.389 e. The zero-order valence-electron chi connectivity index (χ0n) is 14.8. The van der Waals surface area contributed by atoms with Crippen molar-refractivity contribution in [1.82, 2.24) is 19.7 Å². The molecule has 0 fully saturated rings. The average molecular weight is 318 g/mol. The molecule has 126 valence electrons. The molecule has 0 radical (unpaired) electrons. The summed E-state index contributed by atoms with van der Waals surface area (Å²) in [7, 11) is 0. The Bertz CT molecular complexity index is 713. The minimum Gasteiger partial charge on any atom is -0.389 e. The third kappa shape index (κ3) is 3.69. The molecule has 2 rings (SSSR count). The van der Waals surface area contributed by atoms with Crippen LogP contribution in [0.4, 0.5) is 0 Å². The molecule has 0 spiro atoms. The topological polar surface area (TPSA) is 71.2 Å². The van der Waals surface area contributed by atoms with Crippen molar-refractivity contribution in [3.8, 4) is 0 Å². The number of rotatable bonds is 5. The smallest absolute Gasteiger partial charge is 0.255 e. The minimum atomic E-state index is -0.931. The Morgan fingerprint density at radius 1 is 1.43 bits per heavy atom. The van der Waals surface area contributed by atoms with Gasteiger partial charge in [-0.05, 0) is 47.6 Å². The summed E-state index contributed by atoms with van der Waals surface area (Å²) < 4.78 is 1.85. The number of fused-ring (bicyclic) bond motifs is 1. The molecule has 0 aliphatic heterocycles. The Labute approximate surface area is 137 Å². The van der Waals surface area contributed by atoms with Crippen LogP contribution in [0.3, 0.4) is 0 Å². The van der Waals surface area contributed by atoms with Crippen molar-refractivity contribution in [3.63, 3.8) is 0 Å². The van der Waals surface area contributed by atoms with E-state index in [9.17, 15) is 9.90 Å². The maximum atomic E-state index is 12.8. The second-order valence-electron chi connectivity index (χ2n) is 6.85. The Morgan fingerprint density at radius 3 is 2.61 bits per heavy atom. The van der Waals surface area contributed by atoms with Crippen molar-refractivity contribution in [2.24, 2.45) is 0 Å². The first-order valence-electron chi connectivity index (χ1n) is 8.00. The molecule has 2 heterocycles. The second-order valence-corrected chi connectivity index (χ2v) is 6.85. The van der Waals surface area contributed by atoms with E-state index in [4.69, 9.17) is 0 Å². The first-order valence-corrected chi connectivity index (χ1v) is 8.00. The fraction of sp³-hybridized carbons (Fsp3) is 0.588. The van der Waals surface area contributed by atoms with Gasteiger partial charge in [0.15, 0.2) is 5.65 Å². The highest BCUT2D eigenvalue weighted by molar-refractivity contribution is 5.98. The number of hydrogen-bond acceptors (Lipinski definition) is 4. The van der Waals surface area contributed by atoms with E-state index in [2.05, 4.69) is 10.1 Å². The molecule has 2 aromatic heterocycles. The number of aryl methyl sites for hydroxylation is 1. The van der Waals surface area contributed by atoms with Gasteiger partial charge in [-0.3, -0.25) is 4.79 Å². The predicted molar refractivity (Wildman–Crippen MR) is 90.5 cm³/mol. The second kappa shape index (κ2) is 6.28. The van der Waals surface area contributed by atoms with Crippen LogP contribution in [0.5, 0.6) is 0 Å². The molecule has 1 amide bonds. The minimum absolute atomic E-state index is 0.112. The van der Waals surface area contributed by atoms with Crippen LogP contribution in [0.25, 0.3) is 11.0 Å². The number of nitrogens with zero attached hydrogens (tertiary/aromatic N) is 4. The van der Waals surface area contributed by atoms with E-state index in [0.29, 0.717) is 17.8 Å². The number of carbonyl (C=O) groups is 1. The van der Waals surface area contributed by atoms with Gasteiger partial charge in [0.25, 0.3) is 5.91 Å². The standard InChI is InChI=1S/C17H26N4O2/c1-7-20(10-17(5,6)23)16(22)14-8-13-9-18-21(11(2)3)15(13)19-12(14)4/h8-9,11,23H,7,10H2,1-6H3. The molecule has 6 heteroatoms. The van der Waals surface area contributed by atoms with Gasteiger partial charge in [-0.25, -0.2) is 9.67 Å². The van der Waals surface area contributed by atoms with Crippen LogP contribution in [0, 0.1) is 6.92 Å². The van der Waals surface area contributed by atoms with Gasteiger partial charge in [0.2, 0.25) is 0 Å². The van der Waals surface area contributed by atoms with Gasteiger partial charge in [0, 0.05) is 24.5 Å². The average Bonchev–Trinajstić information content (AvgIpc) is 2.85. The van der Waals surface area contributed by atoms with Crippen molar-refractivity contribution >= 4 is 16.9 Å². The molecule has 0 aliphatic rings. The van der Waals surface area contributed by atoms with Crippen LogP contribution >= 0.6 is 0 Å². The number of aromatic nitrogens is 3. The Hall–Kier alpha value is -1.95. The summed E-state index contributed by atoms with van der Waals surface area (Å²) >= 11 is 0. The van der Waals surface area contributed by atoms with E-state index >= 15 is 0 Å². The quantitative estimate of drug-likeness (QED) is 0.919. The van der Waals surface area contributed by atoms with Crippen LogP contribution in [0.1, 0.15) is 56.7 Å². The Morgan fingerprint density at radius 2 is 2.09 bits per heavy atom. The zero-order valence-corrected chi connectivity index (χ0v) is 14.8. The lowest BCUT2D eigenvalue weighted by atomic mass is 10.1. The first-order chi connectivity index (χ1) is 10.6. The molecular formula is C17H26N4O2. The van der Waals surface area contributed by atoms with Crippen molar-refractivity contribution < 1.29 is 9.90 Å². The summed E-state index contributed by atoms with van der Waals surface area (Å²) in [6.07, 6.45) is 1.74. The van der Waals surface area contributed by atoms with E-state index in [1.54, 1.807) is 24.9 Å². The molecular weight excluding hydrogens is 292 g/mol. The summed E-state index contributed by atoms with van der Waals surface area (Å²) in [5, 5.41) is 15.2. The molecule has 0 unspecified atom stereocenters. The number of aliphatic hydroxyl groups is 1. The monoisotopic (exact) mass is 318 g/mol. The van der Waals surface area contributed by atoms with Gasteiger partial charge in [-0.2, -0.15) is 5.10 Å². The van der Waals surface area contributed by atoms with E-state index in [1.807, 2.05) is 38.4 Å². The van der Waals surface area contributed by atoms with Gasteiger partial charge in [-0.1, -0.05) is 0 Å². The van der Waals surface area contributed by atoms with E-state index in [-0.39, 0.29) is 18.5 Å². The number of carbonyl (C=O) groups excluding carboxylic acids is 1. The van der Waals surface area contributed by atoms with Crippen LogP contribution in [-0.2, 0) is 0 Å². The number of likely N-dealkylation sites (N-methyl/N-ethyl adjacent to an activating group) is 1.